The highest BCUT2D eigenvalue weighted by Crippen LogP contribution is 2.34. The molecule has 4 aromatic carbocycles. The first-order valence-electron chi connectivity index (χ1n) is 15.2. The van der Waals surface area contributed by atoms with Gasteiger partial charge in [0, 0.05) is 18.5 Å². The van der Waals surface area contributed by atoms with E-state index in [1.54, 1.807) is 30.3 Å². The first kappa shape index (κ1) is 34.2. The van der Waals surface area contributed by atoms with Gasteiger partial charge in [-0.2, -0.15) is 0 Å². The number of amides is 2. The summed E-state index contributed by atoms with van der Waals surface area (Å²) < 4.78 is 35.2. The second-order valence-corrected chi connectivity index (χ2v) is 14.3. The highest BCUT2D eigenvalue weighted by molar-refractivity contribution is 7.92. The Bertz CT molecular complexity index is 1750. The number of ether oxygens (including phenoxy) is 1. The van der Waals surface area contributed by atoms with E-state index in [2.05, 4.69) is 5.32 Å². The van der Waals surface area contributed by atoms with Crippen molar-refractivity contribution in [3.05, 3.63) is 125 Å². The molecule has 0 aliphatic rings. The maximum absolute atomic E-state index is 14.7. The van der Waals surface area contributed by atoms with Crippen molar-refractivity contribution < 1.29 is 22.7 Å². The normalized spacial score (nSPS) is 12.2. The van der Waals surface area contributed by atoms with Gasteiger partial charge in [-0.25, -0.2) is 8.42 Å². The van der Waals surface area contributed by atoms with Crippen LogP contribution in [-0.2, 0) is 32.6 Å². The van der Waals surface area contributed by atoms with Crippen LogP contribution in [0.15, 0.2) is 108 Å². The number of nitrogens with one attached hydrogen (secondary N) is 1. The second kappa shape index (κ2) is 14.6. The molecule has 1 N–H and O–H groups in total. The van der Waals surface area contributed by atoms with Crippen LogP contribution in [0.5, 0.6) is 5.75 Å². The Morgan fingerprint density at radius 1 is 0.804 bits per heavy atom. The Kier molecular flexibility index (Phi) is 10.9. The van der Waals surface area contributed by atoms with E-state index < -0.39 is 34.1 Å². The lowest BCUT2D eigenvalue weighted by Gasteiger charge is -2.35. The smallest absolute Gasteiger partial charge is 0.264 e. The van der Waals surface area contributed by atoms with E-state index in [4.69, 9.17) is 4.74 Å². The zero-order valence-corrected chi connectivity index (χ0v) is 28.2. The predicted molar refractivity (Wildman–Crippen MR) is 182 cm³/mol. The lowest BCUT2D eigenvalue weighted by Crippen LogP contribution is -2.56. The molecule has 0 radical (unpaired) electrons. The summed E-state index contributed by atoms with van der Waals surface area (Å²) in [4.78, 5) is 30.2. The van der Waals surface area contributed by atoms with Gasteiger partial charge in [0.25, 0.3) is 10.0 Å². The largest absolute Gasteiger partial charge is 0.495 e. The average molecular weight is 642 g/mol. The van der Waals surface area contributed by atoms with Crippen molar-refractivity contribution in [3.8, 4) is 5.75 Å². The van der Waals surface area contributed by atoms with Crippen LogP contribution in [-0.4, -0.2) is 50.4 Å². The quantitative estimate of drug-likeness (QED) is 0.203. The monoisotopic (exact) mass is 641 g/mol. The molecule has 242 valence electrons. The fourth-order valence-corrected chi connectivity index (χ4v) is 6.68. The molecule has 0 saturated heterocycles. The highest BCUT2D eigenvalue weighted by atomic mass is 32.2. The Morgan fingerprint density at radius 2 is 1.41 bits per heavy atom. The molecule has 0 fully saturated rings. The van der Waals surface area contributed by atoms with Gasteiger partial charge < -0.3 is 15.0 Å². The van der Waals surface area contributed by atoms with Crippen molar-refractivity contribution >= 4 is 27.5 Å². The minimum Gasteiger partial charge on any atom is -0.495 e. The molecule has 46 heavy (non-hydrogen) atoms. The number of benzene rings is 4. The van der Waals surface area contributed by atoms with Crippen molar-refractivity contribution in [2.45, 2.75) is 64.1 Å². The van der Waals surface area contributed by atoms with Gasteiger partial charge in [-0.15, -0.1) is 0 Å². The summed E-state index contributed by atoms with van der Waals surface area (Å²) in [5, 5.41) is 3.05. The zero-order chi connectivity index (χ0) is 33.5. The van der Waals surface area contributed by atoms with Crippen LogP contribution in [0.25, 0.3) is 0 Å². The number of sulfonamides is 1. The SMILES string of the molecule is COc1ccc(C)cc1N(CC(=O)N(Cc1cccc(C)c1)[C@H](Cc1ccccc1)C(=O)NC(C)(C)C)S(=O)(=O)c1ccccc1. The fourth-order valence-electron chi connectivity index (χ4n) is 5.24. The number of anilines is 1. The third-order valence-electron chi connectivity index (χ3n) is 7.42. The van der Waals surface area contributed by atoms with E-state index in [9.17, 15) is 18.0 Å². The van der Waals surface area contributed by atoms with Gasteiger partial charge in [-0.05, 0) is 75.6 Å². The maximum atomic E-state index is 14.7. The molecule has 0 aliphatic heterocycles. The number of hydrogen-bond acceptors (Lipinski definition) is 5. The lowest BCUT2D eigenvalue weighted by atomic mass is 10.0. The average Bonchev–Trinajstić information content (AvgIpc) is 3.01. The first-order valence-corrected chi connectivity index (χ1v) is 16.7. The molecular weight excluding hydrogens is 598 g/mol. The molecule has 0 saturated carbocycles. The number of hydrogen-bond donors (Lipinski definition) is 1. The molecule has 0 heterocycles. The van der Waals surface area contributed by atoms with Gasteiger partial charge in [0.1, 0.15) is 18.3 Å². The molecule has 8 nitrogen and oxygen atoms in total. The fraction of sp³-hybridized carbons (Fsp3) is 0.297. The van der Waals surface area contributed by atoms with E-state index >= 15 is 0 Å². The number of rotatable bonds is 12. The van der Waals surface area contributed by atoms with E-state index in [1.165, 1.54) is 24.1 Å². The molecule has 0 unspecified atom stereocenters. The van der Waals surface area contributed by atoms with Crippen LogP contribution in [0.4, 0.5) is 5.69 Å². The number of carbonyl (C=O) groups excluding carboxylic acids is 2. The van der Waals surface area contributed by atoms with Gasteiger partial charge in [0.05, 0.1) is 17.7 Å². The molecule has 4 aromatic rings. The van der Waals surface area contributed by atoms with Crippen LogP contribution in [0.1, 0.15) is 43.0 Å². The second-order valence-electron chi connectivity index (χ2n) is 12.5. The van der Waals surface area contributed by atoms with E-state index in [0.29, 0.717) is 5.75 Å². The summed E-state index contributed by atoms with van der Waals surface area (Å²) in [7, 11) is -2.78. The van der Waals surface area contributed by atoms with Crippen molar-refractivity contribution in [1.82, 2.24) is 10.2 Å². The van der Waals surface area contributed by atoms with Gasteiger partial charge in [0.2, 0.25) is 11.8 Å². The van der Waals surface area contributed by atoms with Gasteiger partial charge in [0.15, 0.2) is 0 Å². The molecule has 0 bridgehead atoms. The minimum absolute atomic E-state index is 0.0305. The molecular formula is C37H43N3O5S. The minimum atomic E-state index is -4.24. The standard InChI is InChI=1S/C37H43N3O5S/c1-27-14-13-17-30(22-27)25-39(33(36(42)38-37(3,4)5)24-29-15-9-7-10-16-29)35(41)26-40(32-23-28(2)20-21-34(32)45-6)46(43,44)31-18-11-8-12-19-31/h7-23,33H,24-26H2,1-6H3,(H,38,42)/t33-/m1/s1. The first-order chi connectivity index (χ1) is 21.8. The van der Waals surface area contributed by atoms with Crippen LogP contribution in [0.2, 0.25) is 0 Å². The zero-order valence-electron chi connectivity index (χ0n) is 27.4. The van der Waals surface area contributed by atoms with Gasteiger partial charge in [-0.1, -0.05) is 84.4 Å². The molecule has 0 spiro atoms. The Balaban J connectivity index is 1.86. The summed E-state index contributed by atoms with van der Waals surface area (Å²) in [6, 6.07) is 29.5. The molecule has 1 atom stereocenters. The summed E-state index contributed by atoms with van der Waals surface area (Å²) in [5.41, 5.74) is 3.14. The third-order valence-corrected chi connectivity index (χ3v) is 9.19. The molecule has 9 heteroatoms. The lowest BCUT2D eigenvalue weighted by molar-refractivity contribution is -0.140. The summed E-state index contributed by atoms with van der Waals surface area (Å²) >= 11 is 0. The maximum Gasteiger partial charge on any atom is 0.264 e. The topological polar surface area (TPSA) is 96.0 Å². The Hall–Kier alpha value is -4.63. The Labute approximate surface area is 273 Å². The number of nitrogens with zero attached hydrogens (tertiary/aromatic N) is 2. The van der Waals surface area contributed by atoms with E-state index in [-0.39, 0.29) is 29.5 Å². The van der Waals surface area contributed by atoms with Gasteiger partial charge in [-0.3, -0.25) is 13.9 Å². The van der Waals surface area contributed by atoms with Crippen molar-refractivity contribution in [3.63, 3.8) is 0 Å². The molecule has 2 amide bonds. The van der Waals surface area contributed by atoms with Crippen LogP contribution in [0.3, 0.4) is 0 Å². The van der Waals surface area contributed by atoms with Crippen molar-refractivity contribution in [2.24, 2.45) is 0 Å². The summed E-state index contributed by atoms with van der Waals surface area (Å²) in [5.74, 6) is -0.563. The van der Waals surface area contributed by atoms with Crippen molar-refractivity contribution in [2.75, 3.05) is 18.0 Å². The molecule has 4 rings (SSSR count). The van der Waals surface area contributed by atoms with E-state index in [1.807, 2.05) is 95.3 Å². The molecule has 0 aliphatic carbocycles. The van der Waals surface area contributed by atoms with Crippen LogP contribution >= 0.6 is 0 Å². The van der Waals surface area contributed by atoms with Crippen LogP contribution in [0, 0.1) is 13.8 Å². The molecule has 0 aromatic heterocycles. The number of aryl methyl sites for hydroxylation is 2. The van der Waals surface area contributed by atoms with Gasteiger partial charge >= 0.3 is 0 Å². The number of methoxy groups -OCH3 is 1. The number of carbonyl (C=O) groups is 2. The van der Waals surface area contributed by atoms with Crippen LogP contribution < -0.4 is 14.4 Å². The Morgan fingerprint density at radius 3 is 2.02 bits per heavy atom. The summed E-state index contributed by atoms with van der Waals surface area (Å²) in [6.07, 6.45) is 0.236. The van der Waals surface area contributed by atoms with Crippen molar-refractivity contribution in [1.29, 1.82) is 0 Å². The third kappa shape index (κ3) is 8.75. The summed E-state index contributed by atoms with van der Waals surface area (Å²) in [6.45, 7) is 8.99. The predicted octanol–water partition coefficient (Wildman–Crippen LogP) is 6.06. The van der Waals surface area contributed by atoms with E-state index in [0.717, 1.165) is 26.6 Å². The highest BCUT2D eigenvalue weighted by Gasteiger charge is 2.36.